The zero-order valence-corrected chi connectivity index (χ0v) is 11.5. The normalized spacial score (nSPS) is 23.5. The van der Waals surface area contributed by atoms with Gasteiger partial charge in [0.2, 0.25) is 0 Å². The highest BCUT2D eigenvalue weighted by Crippen LogP contribution is 2.32. The maximum absolute atomic E-state index is 11.3. The van der Waals surface area contributed by atoms with Crippen molar-refractivity contribution in [1.82, 2.24) is 4.90 Å². The van der Waals surface area contributed by atoms with Crippen LogP contribution in [0.15, 0.2) is 24.3 Å². The van der Waals surface area contributed by atoms with Crippen LogP contribution < -0.4 is 4.74 Å². The summed E-state index contributed by atoms with van der Waals surface area (Å²) in [6, 6.07) is 7.85. The fourth-order valence-electron chi connectivity index (χ4n) is 2.62. The summed E-state index contributed by atoms with van der Waals surface area (Å²) in [6.07, 6.45) is 0.982. The van der Waals surface area contributed by atoms with Crippen molar-refractivity contribution in [3.8, 4) is 5.75 Å². The number of hydrogen-bond acceptors (Lipinski definition) is 3. The van der Waals surface area contributed by atoms with Crippen molar-refractivity contribution in [2.75, 3.05) is 26.7 Å². The molecule has 1 aromatic rings. The molecular weight excluding hydrogens is 242 g/mol. The molecule has 2 unspecified atom stereocenters. The molecule has 4 nitrogen and oxygen atoms in total. The number of nitrogens with zero attached hydrogens (tertiary/aromatic N) is 1. The van der Waals surface area contributed by atoms with Crippen LogP contribution >= 0.6 is 0 Å². The molecular formula is C15H21NO3. The van der Waals surface area contributed by atoms with Crippen molar-refractivity contribution in [2.45, 2.75) is 19.3 Å². The Balaban J connectivity index is 2.10. The number of aliphatic carboxylic acids is 1. The van der Waals surface area contributed by atoms with Crippen LogP contribution in [0.4, 0.5) is 0 Å². The van der Waals surface area contributed by atoms with E-state index in [1.54, 1.807) is 0 Å². The smallest absolute Gasteiger partial charge is 0.308 e. The zero-order chi connectivity index (χ0) is 13.8. The van der Waals surface area contributed by atoms with Gasteiger partial charge in [0.15, 0.2) is 0 Å². The van der Waals surface area contributed by atoms with E-state index in [1.807, 2.05) is 31.3 Å². The van der Waals surface area contributed by atoms with Crippen LogP contribution in [0.2, 0.25) is 0 Å². The van der Waals surface area contributed by atoms with E-state index in [4.69, 9.17) is 4.74 Å². The number of benzene rings is 1. The van der Waals surface area contributed by atoms with Crippen molar-refractivity contribution in [1.29, 1.82) is 0 Å². The first-order chi connectivity index (χ1) is 9.11. The lowest BCUT2D eigenvalue weighted by atomic mass is 9.89. The van der Waals surface area contributed by atoms with E-state index in [9.17, 15) is 9.90 Å². The van der Waals surface area contributed by atoms with E-state index in [-0.39, 0.29) is 11.8 Å². The number of rotatable bonds is 5. The largest absolute Gasteiger partial charge is 0.494 e. The summed E-state index contributed by atoms with van der Waals surface area (Å²) in [7, 11) is 1.97. The van der Waals surface area contributed by atoms with Crippen LogP contribution in [0.3, 0.4) is 0 Å². The molecule has 1 aliphatic rings. The van der Waals surface area contributed by atoms with Gasteiger partial charge in [-0.05, 0) is 31.2 Å². The number of carbonyl (C=O) groups is 1. The van der Waals surface area contributed by atoms with Crippen molar-refractivity contribution < 1.29 is 14.6 Å². The van der Waals surface area contributed by atoms with Gasteiger partial charge in [0.25, 0.3) is 0 Å². The van der Waals surface area contributed by atoms with Gasteiger partial charge in [-0.25, -0.2) is 0 Å². The maximum atomic E-state index is 11.3. The summed E-state index contributed by atoms with van der Waals surface area (Å²) >= 11 is 0. The van der Waals surface area contributed by atoms with E-state index >= 15 is 0 Å². The Hall–Kier alpha value is -1.55. The van der Waals surface area contributed by atoms with Gasteiger partial charge in [0.1, 0.15) is 5.75 Å². The van der Waals surface area contributed by atoms with Crippen LogP contribution in [0.1, 0.15) is 24.8 Å². The molecule has 0 saturated carbocycles. The average molecular weight is 263 g/mol. The molecule has 19 heavy (non-hydrogen) atoms. The summed E-state index contributed by atoms with van der Waals surface area (Å²) in [5, 5.41) is 9.28. The first-order valence-corrected chi connectivity index (χ1v) is 6.76. The average Bonchev–Trinajstić information content (AvgIpc) is 2.79. The van der Waals surface area contributed by atoms with Gasteiger partial charge in [0, 0.05) is 19.0 Å². The molecule has 0 radical (unpaired) electrons. The summed E-state index contributed by atoms with van der Waals surface area (Å²) < 4.78 is 5.54. The minimum atomic E-state index is -0.708. The van der Waals surface area contributed by atoms with Crippen molar-refractivity contribution in [3.05, 3.63) is 29.8 Å². The third kappa shape index (κ3) is 3.26. The van der Waals surface area contributed by atoms with Gasteiger partial charge in [-0.1, -0.05) is 19.1 Å². The van der Waals surface area contributed by atoms with Crippen LogP contribution in [-0.4, -0.2) is 42.7 Å². The van der Waals surface area contributed by atoms with E-state index in [1.165, 1.54) is 0 Å². The molecule has 2 atom stereocenters. The lowest BCUT2D eigenvalue weighted by Crippen LogP contribution is -2.21. The Bertz CT molecular complexity index is 430. The van der Waals surface area contributed by atoms with E-state index in [0.717, 1.165) is 24.3 Å². The SMILES string of the molecule is CCCOc1ccc(C2CN(C)CC2C(=O)O)cc1. The lowest BCUT2D eigenvalue weighted by Gasteiger charge is -2.15. The molecule has 0 aromatic heterocycles. The monoisotopic (exact) mass is 263 g/mol. The highest BCUT2D eigenvalue weighted by Gasteiger charge is 2.36. The maximum Gasteiger partial charge on any atom is 0.308 e. The number of hydrogen-bond donors (Lipinski definition) is 1. The molecule has 1 heterocycles. The predicted octanol–water partition coefficient (Wildman–Crippen LogP) is 2.21. The molecule has 2 rings (SSSR count). The fourth-order valence-corrected chi connectivity index (χ4v) is 2.62. The first kappa shape index (κ1) is 13.9. The van der Waals surface area contributed by atoms with Crippen molar-refractivity contribution >= 4 is 5.97 Å². The van der Waals surface area contributed by atoms with Crippen molar-refractivity contribution in [2.24, 2.45) is 5.92 Å². The number of likely N-dealkylation sites (N-methyl/N-ethyl adjacent to an activating group) is 1. The molecule has 0 aliphatic carbocycles. The second-order valence-electron chi connectivity index (χ2n) is 5.19. The van der Waals surface area contributed by atoms with E-state index in [0.29, 0.717) is 13.2 Å². The van der Waals surface area contributed by atoms with Crippen LogP contribution in [0.5, 0.6) is 5.75 Å². The van der Waals surface area contributed by atoms with Crippen molar-refractivity contribution in [3.63, 3.8) is 0 Å². The molecule has 4 heteroatoms. The fraction of sp³-hybridized carbons (Fsp3) is 0.533. The Morgan fingerprint density at radius 3 is 2.63 bits per heavy atom. The molecule has 1 N–H and O–H groups in total. The Morgan fingerprint density at radius 1 is 1.37 bits per heavy atom. The van der Waals surface area contributed by atoms with Gasteiger partial charge in [0.05, 0.1) is 12.5 Å². The Kier molecular flexibility index (Phi) is 4.43. The molecule has 1 saturated heterocycles. The second kappa shape index (κ2) is 6.06. The summed E-state index contributed by atoms with van der Waals surface area (Å²) in [4.78, 5) is 13.4. The Labute approximate surface area is 114 Å². The molecule has 1 fully saturated rings. The Morgan fingerprint density at radius 2 is 2.05 bits per heavy atom. The van der Waals surface area contributed by atoms with Gasteiger partial charge in [-0.3, -0.25) is 4.79 Å². The molecule has 0 spiro atoms. The summed E-state index contributed by atoms with van der Waals surface area (Å²) in [5.41, 5.74) is 1.08. The highest BCUT2D eigenvalue weighted by molar-refractivity contribution is 5.72. The molecule has 1 aromatic carbocycles. The number of ether oxygens (including phenoxy) is 1. The van der Waals surface area contributed by atoms with Crippen LogP contribution in [0.25, 0.3) is 0 Å². The topological polar surface area (TPSA) is 49.8 Å². The third-order valence-electron chi connectivity index (χ3n) is 3.60. The minimum absolute atomic E-state index is 0.0720. The number of carboxylic acids is 1. The lowest BCUT2D eigenvalue weighted by molar-refractivity contribution is -0.141. The van der Waals surface area contributed by atoms with E-state index in [2.05, 4.69) is 11.8 Å². The second-order valence-corrected chi connectivity index (χ2v) is 5.19. The summed E-state index contributed by atoms with van der Waals surface area (Å²) in [5.74, 6) is -0.0976. The molecule has 1 aliphatic heterocycles. The van der Waals surface area contributed by atoms with Crippen LogP contribution in [0, 0.1) is 5.92 Å². The summed E-state index contributed by atoms with van der Waals surface area (Å²) in [6.45, 7) is 4.20. The van der Waals surface area contributed by atoms with Gasteiger partial charge >= 0.3 is 5.97 Å². The number of carboxylic acid groups (broad SMARTS) is 1. The molecule has 0 amide bonds. The zero-order valence-electron chi connectivity index (χ0n) is 11.5. The van der Waals surface area contributed by atoms with Gasteiger partial charge in [-0.2, -0.15) is 0 Å². The van der Waals surface area contributed by atoms with E-state index < -0.39 is 5.97 Å². The van der Waals surface area contributed by atoms with Gasteiger partial charge < -0.3 is 14.7 Å². The standard InChI is InChI=1S/C15H21NO3/c1-3-8-19-12-6-4-11(5-7-12)13-9-16(2)10-14(13)15(17)18/h4-7,13-14H,3,8-10H2,1-2H3,(H,17,18). The molecule has 0 bridgehead atoms. The van der Waals surface area contributed by atoms with Gasteiger partial charge in [-0.15, -0.1) is 0 Å². The number of likely N-dealkylation sites (tertiary alicyclic amines) is 1. The first-order valence-electron chi connectivity index (χ1n) is 6.76. The highest BCUT2D eigenvalue weighted by atomic mass is 16.5. The molecule has 104 valence electrons. The predicted molar refractivity (Wildman–Crippen MR) is 73.6 cm³/mol. The van der Waals surface area contributed by atoms with Crippen LogP contribution in [-0.2, 0) is 4.79 Å². The third-order valence-corrected chi connectivity index (χ3v) is 3.60. The quantitative estimate of drug-likeness (QED) is 0.885. The minimum Gasteiger partial charge on any atom is -0.494 e.